The summed E-state index contributed by atoms with van der Waals surface area (Å²) in [5.74, 6) is 0. The Morgan fingerprint density at radius 3 is 2.94 bits per heavy atom. The monoisotopic (exact) mass is 215 g/mol. The third-order valence-corrected chi connectivity index (χ3v) is 2.74. The van der Waals surface area contributed by atoms with Gasteiger partial charge in [0, 0.05) is 6.54 Å². The molecule has 0 aliphatic heterocycles. The van der Waals surface area contributed by atoms with Gasteiger partial charge < -0.3 is 10.7 Å². The largest absolute Gasteiger partial charge is 0.347 e. The molecule has 2 rings (SSSR count). The van der Waals surface area contributed by atoms with Crippen LogP contribution in [0.25, 0.3) is 0 Å². The average Bonchev–Trinajstić information content (AvgIpc) is 2.74. The Labute approximate surface area is 95.7 Å². The van der Waals surface area contributed by atoms with E-state index in [1.54, 1.807) is 6.33 Å². The minimum Gasteiger partial charge on any atom is -0.347 e. The maximum atomic E-state index is 5.62. The van der Waals surface area contributed by atoms with E-state index in [2.05, 4.69) is 41.2 Å². The van der Waals surface area contributed by atoms with Crippen molar-refractivity contribution in [3.05, 3.63) is 53.1 Å². The van der Waals surface area contributed by atoms with Crippen LogP contribution in [0.15, 0.2) is 30.6 Å². The van der Waals surface area contributed by atoms with Crippen molar-refractivity contribution in [1.82, 2.24) is 9.97 Å². The number of nitrogens with two attached hydrogens (primary N) is 1. The van der Waals surface area contributed by atoms with Gasteiger partial charge in [-0.3, -0.25) is 0 Å². The number of nitrogens with zero attached hydrogens (tertiary/aromatic N) is 1. The van der Waals surface area contributed by atoms with Crippen molar-refractivity contribution in [2.45, 2.75) is 26.3 Å². The summed E-state index contributed by atoms with van der Waals surface area (Å²) < 4.78 is 0. The van der Waals surface area contributed by atoms with Gasteiger partial charge in [-0.2, -0.15) is 0 Å². The maximum Gasteiger partial charge on any atom is 0.0925 e. The van der Waals surface area contributed by atoms with E-state index in [4.69, 9.17) is 5.73 Å². The second-order valence-corrected chi connectivity index (χ2v) is 4.02. The number of nitrogens with one attached hydrogen (secondary N) is 1. The first-order chi connectivity index (χ1) is 7.79. The van der Waals surface area contributed by atoms with E-state index >= 15 is 0 Å². The smallest absolute Gasteiger partial charge is 0.0925 e. The van der Waals surface area contributed by atoms with Gasteiger partial charge >= 0.3 is 0 Å². The van der Waals surface area contributed by atoms with Crippen LogP contribution in [-0.2, 0) is 19.4 Å². The predicted molar refractivity (Wildman–Crippen MR) is 65.1 cm³/mol. The van der Waals surface area contributed by atoms with Crippen molar-refractivity contribution in [1.29, 1.82) is 0 Å². The lowest BCUT2D eigenvalue weighted by atomic mass is 10.1. The van der Waals surface area contributed by atoms with Gasteiger partial charge in [0.15, 0.2) is 0 Å². The molecule has 0 unspecified atom stereocenters. The number of hydrogen-bond donors (Lipinski definition) is 2. The number of aromatic nitrogens is 2. The van der Waals surface area contributed by atoms with E-state index in [9.17, 15) is 0 Å². The number of rotatable bonds is 4. The molecule has 3 nitrogen and oxygen atoms in total. The molecule has 3 N–H and O–H groups in total. The van der Waals surface area contributed by atoms with Crippen molar-refractivity contribution in [3.63, 3.8) is 0 Å². The van der Waals surface area contributed by atoms with Gasteiger partial charge in [-0.1, -0.05) is 29.8 Å². The molecule has 0 aliphatic carbocycles. The number of aromatic amines is 1. The van der Waals surface area contributed by atoms with Crippen molar-refractivity contribution >= 4 is 0 Å². The van der Waals surface area contributed by atoms with Gasteiger partial charge in [-0.15, -0.1) is 0 Å². The number of aryl methyl sites for hydroxylation is 3. The Morgan fingerprint density at radius 2 is 2.19 bits per heavy atom. The molecule has 3 heteroatoms. The Hall–Kier alpha value is -1.61. The molecule has 1 aromatic heterocycles. The van der Waals surface area contributed by atoms with E-state index in [0.717, 1.165) is 24.2 Å². The molecule has 0 saturated carbocycles. The first-order valence-corrected chi connectivity index (χ1v) is 5.56. The fraction of sp³-hybridized carbons (Fsp3) is 0.308. The molecule has 16 heavy (non-hydrogen) atoms. The Morgan fingerprint density at radius 1 is 1.31 bits per heavy atom. The fourth-order valence-electron chi connectivity index (χ4n) is 1.87. The predicted octanol–water partition coefficient (Wildman–Crippen LogP) is 1.96. The molecule has 0 saturated heterocycles. The van der Waals surface area contributed by atoms with Gasteiger partial charge in [0.2, 0.25) is 0 Å². The zero-order valence-corrected chi connectivity index (χ0v) is 9.53. The van der Waals surface area contributed by atoms with Crippen LogP contribution in [0.4, 0.5) is 0 Å². The normalized spacial score (nSPS) is 10.6. The number of benzene rings is 1. The zero-order valence-electron chi connectivity index (χ0n) is 9.53. The highest BCUT2D eigenvalue weighted by atomic mass is 14.9. The van der Waals surface area contributed by atoms with E-state index in [1.165, 1.54) is 11.1 Å². The summed E-state index contributed by atoms with van der Waals surface area (Å²) in [4.78, 5) is 7.36. The lowest BCUT2D eigenvalue weighted by Crippen LogP contribution is -2.02. The lowest BCUT2D eigenvalue weighted by Gasteiger charge is -2.02. The van der Waals surface area contributed by atoms with Crippen LogP contribution in [0, 0.1) is 6.92 Å². The summed E-state index contributed by atoms with van der Waals surface area (Å²) in [6.45, 7) is 2.65. The van der Waals surface area contributed by atoms with Crippen LogP contribution in [0.5, 0.6) is 0 Å². The van der Waals surface area contributed by atoms with Crippen molar-refractivity contribution in [3.8, 4) is 0 Å². The number of H-pyrrole nitrogens is 1. The molecule has 1 aromatic carbocycles. The first-order valence-electron chi connectivity index (χ1n) is 5.56. The van der Waals surface area contributed by atoms with Crippen LogP contribution in [-0.4, -0.2) is 9.97 Å². The second-order valence-electron chi connectivity index (χ2n) is 4.02. The summed E-state index contributed by atoms with van der Waals surface area (Å²) in [6, 6.07) is 8.58. The number of imidazole rings is 1. The van der Waals surface area contributed by atoms with Crippen LogP contribution in [0.2, 0.25) is 0 Å². The molecule has 0 radical (unpaired) electrons. The number of hydrogen-bond acceptors (Lipinski definition) is 2. The van der Waals surface area contributed by atoms with Crippen LogP contribution in [0.1, 0.15) is 22.5 Å². The minimum atomic E-state index is 0.531. The highest BCUT2D eigenvalue weighted by Crippen LogP contribution is 2.09. The van der Waals surface area contributed by atoms with Crippen LogP contribution < -0.4 is 5.73 Å². The molecule has 0 atom stereocenters. The third kappa shape index (κ3) is 2.49. The molecule has 0 aliphatic rings. The average molecular weight is 215 g/mol. The zero-order chi connectivity index (χ0) is 11.4. The minimum absolute atomic E-state index is 0.531. The van der Waals surface area contributed by atoms with Crippen LogP contribution >= 0.6 is 0 Å². The third-order valence-electron chi connectivity index (χ3n) is 2.74. The summed E-state index contributed by atoms with van der Waals surface area (Å²) in [5.41, 5.74) is 10.4. The standard InChI is InChI=1S/C13H17N3/c1-10-3-2-4-11(7-10)5-6-12-13(8-14)16-9-15-12/h2-4,7,9H,5-6,8,14H2,1H3,(H,15,16). The Balaban J connectivity index is 2.02. The molecule has 0 amide bonds. The highest BCUT2D eigenvalue weighted by molar-refractivity contribution is 5.23. The van der Waals surface area contributed by atoms with E-state index in [1.807, 2.05) is 0 Å². The SMILES string of the molecule is Cc1cccc(CCc2nc[nH]c2CN)c1. The van der Waals surface area contributed by atoms with Crippen molar-refractivity contribution < 1.29 is 0 Å². The van der Waals surface area contributed by atoms with Gasteiger partial charge in [0.05, 0.1) is 17.7 Å². The molecular formula is C13H17N3. The Bertz CT molecular complexity index is 460. The maximum absolute atomic E-state index is 5.62. The van der Waals surface area contributed by atoms with Gasteiger partial charge in [0.1, 0.15) is 0 Å². The summed E-state index contributed by atoms with van der Waals surface area (Å²) >= 11 is 0. The summed E-state index contributed by atoms with van der Waals surface area (Å²) in [7, 11) is 0. The molecule has 1 heterocycles. The molecule has 84 valence electrons. The first kappa shape index (κ1) is 10.9. The topological polar surface area (TPSA) is 54.7 Å². The molecule has 2 aromatic rings. The fourth-order valence-corrected chi connectivity index (χ4v) is 1.87. The highest BCUT2D eigenvalue weighted by Gasteiger charge is 2.03. The molecular weight excluding hydrogens is 198 g/mol. The van der Waals surface area contributed by atoms with Gasteiger partial charge in [0.25, 0.3) is 0 Å². The second kappa shape index (κ2) is 4.94. The van der Waals surface area contributed by atoms with Gasteiger partial charge in [-0.05, 0) is 25.3 Å². The quantitative estimate of drug-likeness (QED) is 0.819. The Kier molecular flexibility index (Phi) is 3.37. The summed E-state index contributed by atoms with van der Waals surface area (Å²) in [5, 5.41) is 0. The van der Waals surface area contributed by atoms with Crippen molar-refractivity contribution in [2.75, 3.05) is 0 Å². The molecule has 0 spiro atoms. The van der Waals surface area contributed by atoms with Crippen LogP contribution in [0.3, 0.4) is 0 Å². The van der Waals surface area contributed by atoms with Crippen molar-refractivity contribution in [2.24, 2.45) is 5.73 Å². The lowest BCUT2D eigenvalue weighted by molar-refractivity contribution is 0.884. The van der Waals surface area contributed by atoms with E-state index in [0.29, 0.717) is 6.54 Å². The molecule has 0 bridgehead atoms. The van der Waals surface area contributed by atoms with E-state index in [-0.39, 0.29) is 0 Å². The van der Waals surface area contributed by atoms with Gasteiger partial charge in [-0.25, -0.2) is 4.98 Å². The summed E-state index contributed by atoms with van der Waals surface area (Å²) in [6.07, 6.45) is 3.67. The van der Waals surface area contributed by atoms with E-state index < -0.39 is 0 Å². The molecule has 0 fully saturated rings.